The highest BCUT2D eigenvalue weighted by molar-refractivity contribution is 5.84. The van der Waals surface area contributed by atoms with Crippen LogP contribution >= 0.6 is 0 Å². The minimum absolute atomic E-state index is 0.173. The maximum atomic E-state index is 13.3. The predicted octanol–water partition coefficient (Wildman–Crippen LogP) is 4.00. The molecule has 2 heterocycles. The number of nitrogens with one attached hydrogen (secondary N) is 1. The highest BCUT2D eigenvalue weighted by Gasteiger charge is 2.38. The molecule has 1 aliphatic rings. The van der Waals surface area contributed by atoms with Crippen LogP contribution in [0, 0.1) is 17.7 Å². The van der Waals surface area contributed by atoms with Crippen molar-refractivity contribution >= 4 is 16.9 Å². The van der Waals surface area contributed by atoms with E-state index in [0.29, 0.717) is 12.5 Å². The molecule has 4 rings (SSSR count). The number of fused-ring (bicyclic) bond motifs is 1. The Bertz CT molecular complexity index is 932. The van der Waals surface area contributed by atoms with Crippen LogP contribution in [0.5, 0.6) is 0 Å². The number of aryl methyl sites for hydroxylation is 1. The van der Waals surface area contributed by atoms with E-state index in [2.05, 4.69) is 27.9 Å². The molecule has 1 N–H and O–H groups in total. The summed E-state index contributed by atoms with van der Waals surface area (Å²) in [4.78, 5) is 16.5. The molecule has 0 bridgehead atoms. The van der Waals surface area contributed by atoms with Crippen LogP contribution in [0.1, 0.15) is 19.8 Å². The van der Waals surface area contributed by atoms with E-state index in [1.807, 2.05) is 12.1 Å². The van der Waals surface area contributed by atoms with E-state index < -0.39 is 0 Å². The first-order chi connectivity index (χ1) is 12.6. The van der Waals surface area contributed by atoms with Crippen molar-refractivity contribution in [2.45, 2.75) is 26.3 Å². The summed E-state index contributed by atoms with van der Waals surface area (Å²) in [5.41, 5.74) is 2.88. The maximum Gasteiger partial charge on any atom is 0.223 e. The molecule has 1 aromatic carbocycles. The Labute approximate surface area is 152 Å². The Morgan fingerprint density at radius 1 is 1.31 bits per heavy atom. The Balaban J connectivity index is 1.52. The number of aromatic nitrogens is 2. The van der Waals surface area contributed by atoms with E-state index in [1.54, 1.807) is 18.3 Å². The van der Waals surface area contributed by atoms with Crippen LogP contribution in [0.25, 0.3) is 22.3 Å². The lowest BCUT2D eigenvalue weighted by Gasteiger charge is -2.11. The van der Waals surface area contributed by atoms with Gasteiger partial charge in [0.1, 0.15) is 11.5 Å². The van der Waals surface area contributed by atoms with Crippen molar-refractivity contribution in [1.29, 1.82) is 0 Å². The number of benzene rings is 1. The van der Waals surface area contributed by atoms with Gasteiger partial charge in [-0.25, -0.2) is 9.37 Å². The van der Waals surface area contributed by atoms with E-state index in [0.717, 1.165) is 41.7 Å². The second kappa shape index (κ2) is 6.90. The fourth-order valence-corrected chi connectivity index (χ4v) is 3.44. The minimum Gasteiger partial charge on any atom is -0.356 e. The third kappa shape index (κ3) is 3.34. The van der Waals surface area contributed by atoms with E-state index >= 15 is 0 Å². The fourth-order valence-electron chi connectivity index (χ4n) is 3.44. The Morgan fingerprint density at radius 2 is 2.08 bits per heavy atom. The lowest BCUT2D eigenvalue weighted by Crippen LogP contribution is -2.27. The van der Waals surface area contributed by atoms with Crippen LogP contribution in [0.15, 0.2) is 48.7 Å². The van der Waals surface area contributed by atoms with Gasteiger partial charge >= 0.3 is 0 Å². The summed E-state index contributed by atoms with van der Waals surface area (Å²) in [6, 6.07) is 12.6. The second-order valence-electron chi connectivity index (χ2n) is 7.07. The molecular formula is C21H22FN3O. The van der Waals surface area contributed by atoms with Gasteiger partial charge in [0.05, 0.1) is 5.69 Å². The molecule has 1 fully saturated rings. The standard InChI is InChI=1S/C21H22FN3O/c1-14-12-18(14)21(26)24-10-3-11-25-19(15-5-7-17(22)8-6-15)13-16-4-2-9-23-20(16)25/h2,4-9,13-14,18H,3,10-12H2,1H3,(H,24,26)/t14-,18-/m0/s1. The molecule has 134 valence electrons. The van der Waals surface area contributed by atoms with Crippen molar-refractivity contribution in [1.82, 2.24) is 14.9 Å². The second-order valence-corrected chi connectivity index (χ2v) is 7.07. The molecule has 4 nitrogen and oxygen atoms in total. The van der Waals surface area contributed by atoms with Gasteiger partial charge in [0.15, 0.2) is 0 Å². The van der Waals surface area contributed by atoms with Gasteiger partial charge in [-0.1, -0.05) is 6.92 Å². The van der Waals surface area contributed by atoms with Gasteiger partial charge in [0, 0.05) is 30.6 Å². The molecule has 2 aromatic heterocycles. The number of halogens is 1. The van der Waals surface area contributed by atoms with Gasteiger partial charge in [-0.05, 0) is 66.8 Å². The quantitative estimate of drug-likeness (QED) is 0.682. The summed E-state index contributed by atoms with van der Waals surface area (Å²) in [7, 11) is 0. The zero-order valence-corrected chi connectivity index (χ0v) is 14.8. The molecule has 1 amide bonds. The molecule has 1 saturated carbocycles. The third-order valence-electron chi connectivity index (χ3n) is 5.10. The Hall–Kier alpha value is -2.69. The van der Waals surface area contributed by atoms with E-state index in [9.17, 15) is 9.18 Å². The van der Waals surface area contributed by atoms with Crippen molar-refractivity contribution in [2.24, 2.45) is 11.8 Å². The van der Waals surface area contributed by atoms with Gasteiger partial charge < -0.3 is 9.88 Å². The van der Waals surface area contributed by atoms with Crippen molar-refractivity contribution in [3.8, 4) is 11.3 Å². The molecule has 3 aromatic rings. The zero-order valence-electron chi connectivity index (χ0n) is 14.8. The molecule has 0 saturated heterocycles. The summed E-state index contributed by atoms with van der Waals surface area (Å²) in [5, 5.41) is 4.09. The average molecular weight is 351 g/mol. The summed E-state index contributed by atoms with van der Waals surface area (Å²) < 4.78 is 15.4. The number of rotatable bonds is 6. The molecule has 2 atom stereocenters. The van der Waals surface area contributed by atoms with Crippen LogP contribution < -0.4 is 5.32 Å². The van der Waals surface area contributed by atoms with Crippen molar-refractivity contribution < 1.29 is 9.18 Å². The van der Waals surface area contributed by atoms with E-state index in [4.69, 9.17) is 0 Å². The number of pyridine rings is 1. The average Bonchev–Trinajstić information content (AvgIpc) is 3.27. The first-order valence-electron chi connectivity index (χ1n) is 9.11. The Kier molecular flexibility index (Phi) is 4.45. The number of carbonyl (C=O) groups excluding carboxylic acids is 1. The molecule has 0 aliphatic heterocycles. The molecule has 26 heavy (non-hydrogen) atoms. The van der Waals surface area contributed by atoms with Crippen molar-refractivity contribution in [3.05, 3.63) is 54.5 Å². The molecule has 1 aliphatic carbocycles. The summed E-state index contributed by atoms with van der Waals surface area (Å²) in [6.45, 7) is 3.50. The molecule has 5 heteroatoms. The summed E-state index contributed by atoms with van der Waals surface area (Å²) in [6.07, 6.45) is 3.61. The molecule has 0 radical (unpaired) electrons. The van der Waals surface area contributed by atoms with Crippen LogP contribution in [0.4, 0.5) is 4.39 Å². The van der Waals surface area contributed by atoms with Crippen LogP contribution in [-0.4, -0.2) is 22.0 Å². The third-order valence-corrected chi connectivity index (χ3v) is 5.10. The monoisotopic (exact) mass is 351 g/mol. The summed E-state index contributed by atoms with van der Waals surface area (Å²) in [5.74, 6) is 0.662. The van der Waals surface area contributed by atoms with Gasteiger partial charge in [-0.15, -0.1) is 0 Å². The van der Waals surface area contributed by atoms with E-state index in [-0.39, 0.29) is 17.6 Å². The minimum atomic E-state index is -0.244. The number of amides is 1. The van der Waals surface area contributed by atoms with Gasteiger partial charge in [-0.2, -0.15) is 0 Å². The molecular weight excluding hydrogens is 329 g/mol. The van der Waals surface area contributed by atoms with Gasteiger partial charge in [0.25, 0.3) is 0 Å². The highest BCUT2D eigenvalue weighted by Crippen LogP contribution is 2.37. The first kappa shape index (κ1) is 16.8. The summed E-state index contributed by atoms with van der Waals surface area (Å²) >= 11 is 0. The smallest absolute Gasteiger partial charge is 0.223 e. The zero-order chi connectivity index (χ0) is 18.1. The van der Waals surface area contributed by atoms with Crippen LogP contribution in [-0.2, 0) is 11.3 Å². The van der Waals surface area contributed by atoms with Crippen LogP contribution in [0.3, 0.4) is 0 Å². The van der Waals surface area contributed by atoms with Crippen molar-refractivity contribution in [3.63, 3.8) is 0 Å². The number of hydrogen-bond donors (Lipinski definition) is 1. The number of carbonyl (C=O) groups is 1. The lowest BCUT2D eigenvalue weighted by atomic mass is 10.1. The van der Waals surface area contributed by atoms with Crippen molar-refractivity contribution in [2.75, 3.05) is 6.54 Å². The fraction of sp³-hybridized carbons (Fsp3) is 0.333. The van der Waals surface area contributed by atoms with E-state index in [1.165, 1.54) is 12.1 Å². The predicted molar refractivity (Wildman–Crippen MR) is 100 cm³/mol. The molecule has 0 unspecified atom stereocenters. The SMILES string of the molecule is C[C@H]1C[C@@H]1C(=O)NCCCn1c(-c2ccc(F)cc2)cc2cccnc21. The topological polar surface area (TPSA) is 46.9 Å². The number of hydrogen-bond acceptors (Lipinski definition) is 2. The maximum absolute atomic E-state index is 13.3. The number of nitrogens with zero attached hydrogens (tertiary/aromatic N) is 2. The van der Waals surface area contributed by atoms with Gasteiger partial charge in [0.2, 0.25) is 5.91 Å². The Morgan fingerprint density at radius 3 is 2.81 bits per heavy atom. The lowest BCUT2D eigenvalue weighted by molar-refractivity contribution is -0.122. The normalized spacial score (nSPS) is 18.8. The van der Waals surface area contributed by atoms with Crippen LogP contribution in [0.2, 0.25) is 0 Å². The molecule has 0 spiro atoms. The largest absolute Gasteiger partial charge is 0.356 e. The van der Waals surface area contributed by atoms with Gasteiger partial charge in [-0.3, -0.25) is 4.79 Å². The first-order valence-corrected chi connectivity index (χ1v) is 9.11. The highest BCUT2D eigenvalue weighted by atomic mass is 19.1.